The zero-order valence-electron chi connectivity index (χ0n) is 9.10. The Labute approximate surface area is 98.8 Å². The maximum absolute atomic E-state index is 9.29. The monoisotopic (exact) mass is 234 g/mol. The fourth-order valence-electron chi connectivity index (χ4n) is 1.46. The highest BCUT2D eigenvalue weighted by molar-refractivity contribution is 7.11. The van der Waals surface area contributed by atoms with Crippen LogP contribution in [0, 0.1) is 6.92 Å². The lowest BCUT2D eigenvalue weighted by molar-refractivity contribution is 0.474. The van der Waals surface area contributed by atoms with Gasteiger partial charge in [0.25, 0.3) is 0 Å². The first kappa shape index (κ1) is 11.1. The largest absolute Gasteiger partial charge is 0.508 e. The molecule has 84 valence electrons. The number of hydrogen-bond donors (Lipinski definition) is 2. The molecule has 0 radical (unpaired) electrons. The van der Waals surface area contributed by atoms with E-state index in [9.17, 15) is 5.11 Å². The van der Waals surface area contributed by atoms with Gasteiger partial charge in [-0.2, -0.15) is 0 Å². The highest BCUT2D eigenvalue weighted by Crippen LogP contribution is 2.12. The molecule has 4 heteroatoms. The normalized spacial score (nSPS) is 10.6. The van der Waals surface area contributed by atoms with Crippen molar-refractivity contribution in [2.45, 2.75) is 20.0 Å². The Morgan fingerprint density at radius 2 is 2.25 bits per heavy atom. The van der Waals surface area contributed by atoms with Gasteiger partial charge >= 0.3 is 0 Å². The van der Waals surface area contributed by atoms with Crippen molar-refractivity contribution in [2.75, 3.05) is 0 Å². The van der Waals surface area contributed by atoms with E-state index in [1.165, 1.54) is 4.88 Å². The molecule has 1 aromatic heterocycles. The first-order chi connectivity index (χ1) is 7.74. The van der Waals surface area contributed by atoms with Gasteiger partial charge in [0, 0.05) is 24.2 Å². The summed E-state index contributed by atoms with van der Waals surface area (Å²) >= 11 is 1.70. The van der Waals surface area contributed by atoms with Crippen LogP contribution in [0.5, 0.6) is 5.75 Å². The van der Waals surface area contributed by atoms with Gasteiger partial charge in [-0.3, -0.25) is 0 Å². The first-order valence-corrected chi connectivity index (χ1v) is 5.95. The molecule has 16 heavy (non-hydrogen) atoms. The van der Waals surface area contributed by atoms with Crippen molar-refractivity contribution in [3.63, 3.8) is 0 Å². The van der Waals surface area contributed by atoms with Gasteiger partial charge in [0.2, 0.25) is 0 Å². The summed E-state index contributed by atoms with van der Waals surface area (Å²) in [5, 5.41) is 13.7. The van der Waals surface area contributed by atoms with Gasteiger partial charge in [-0.25, -0.2) is 4.98 Å². The van der Waals surface area contributed by atoms with E-state index in [2.05, 4.69) is 17.2 Å². The van der Waals surface area contributed by atoms with Crippen LogP contribution in [0.1, 0.15) is 15.4 Å². The molecule has 2 rings (SSSR count). The number of phenolic OH excluding ortho intramolecular Hbond substituents is 1. The van der Waals surface area contributed by atoms with Crippen LogP contribution in [0.25, 0.3) is 0 Å². The minimum atomic E-state index is 0.310. The van der Waals surface area contributed by atoms with Crippen LogP contribution in [-0.2, 0) is 13.1 Å². The van der Waals surface area contributed by atoms with E-state index < -0.39 is 0 Å². The second-order valence-corrected chi connectivity index (χ2v) is 4.96. The highest BCUT2D eigenvalue weighted by atomic mass is 32.1. The molecule has 0 fully saturated rings. The Hall–Kier alpha value is -1.39. The average molecular weight is 234 g/mol. The molecule has 0 aliphatic rings. The molecule has 1 heterocycles. The van der Waals surface area contributed by atoms with E-state index in [1.54, 1.807) is 23.5 Å². The summed E-state index contributed by atoms with van der Waals surface area (Å²) < 4.78 is 0. The smallest absolute Gasteiger partial charge is 0.115 e. The molecule has 0 spiro atoms. The molecule has 2 N–H and O–H groups in total. The molecule has 2 aromatic rings. The zero-order chi connectivity index (χ0) is 11.4. The number of hydrogen-bond acceptors (Lipinski definition) is 4. The number of aryl methyl sites for hydroxylation is 1. The van der Waals surface area contributed by atoms with Crippen LogP contribution < -0.4 is 5.32 Å². The van der Waals surface area contributed by atoms with Crippen molar-refractivity contribution in [3.05, 3.63) is 45.9 Å². The van der Waals surface area contributed by atoms with Gasteiger partial charge in [0.15, 0.2) is 0 Å². The van der Waals surface area contributed by atoms with Crippen molar-refractivity contribution in [3.8, 4) is 5.75 Å². The van der Waals surface area contributed by atoms with Gasteiger partial charge in [0.1, 0.15) is 10.8 Å². The van der Waals surface area contributed by atoms with Crippen LogP contribution in [0.3, 0.4) is 0 Å². The summed E-state index contributed by atoms with van der Waals surface area (Å²) in [6.45, 7) is 3.57. The van der Waals surface area contributed by atoms with Crippen molar-refractivity contribution >= 4 is 11.3 Å². The maximum atomic E-state index is 9.29. The van der Waals surface area contributed by atoms with Gasteiger partial charge in [0.05, 0.1) is 0 Å². The lowest BCUT2D eigenvalue weighted by atomic mass is 10.2. The average Bonchev–Trinajstić information content (AvgIpc) is 2.64. The molecule has 0 atom stereocenters. The molecule has 0 saturated heterocycles. The summed E-state index contributed by atoms with van der Waals surface area (Å²) in [6.07, 6.45) is 1.88. The summed E-state index contributed by atoms with van der Waals surface area (Å²) in [5.74, 6) is 0.310. The minimum absolute atomic E-state index is 0.310. The molecule has 3 nitrogen and oxygen atoms in total. The second kappa shape index (κ2) is 5.09. The van der Waals surface area contributed by atoms with Gasteiger partial charge in [-0.05, 0) is 24.6 Å². The predicted molar refractivity (Wildman–Crippen MR) is 65.5 cm³/mol. The molecule has 0 aliphatic carbocycles. The van der Waals surface area contributed by atoms with Crippen molar-refractivity contribution in [2.24, 2.45) is 0 Å². The van der Waals surface area contributed by atoms with E-state index in [4.69, 9.17) is 0 Å². The summed E-state index contributed by atoms with van der Waals surface area (Å²) in [7, 11) is 0. The van der Waals surface area contributed by atoms with Gasteiger partial charge < -0.3 is 10.4 Å². The van der Waals surface area contributed by atoms with E-state index in [0.717, 1.165) is 23.7 Å². The summed E-state index contributed by atoms with van der Waals surface area (Å²) in [6, 6.07) is 7.27. The minimum Gasteiger partial charge on any atom is -0.508 e. The molecule has 0 aliphatic heterocycles. The molecular formula is C12H14N2OS. The first-order valence-electron chi connectivity index (χ1n) is 5.14. The standard InChI is InChI=1S/C12H14N2OS/c1-9-6-14-12(16-9)8-13-7-10-3-2-4-11(15)5-10/h2-6,13,15H,7-8H2,1H3. The molecule has 1 aromatic carbocycles. The van der Waals surface area contributed by atoms with Gasteiger partial charge in [-0.15, -0.1) is 11.3 Å². The molecule has 0 bridgehead atoms. The number of aromatic hydroxyl groups is 1. The Bertz CT molecular complexity index is 468. The third kappa shape index (κ3) is 3.05. The molecule has 0 amide bonds. The number of aromatic nitrogens is 1. The van der Waals surface area contributed by atoms with Crippen LogP contribution in [0.2, 0.25) is 0 Å². The fraction of sp³-hybridized carbons (Fsp3) is 0.250. The summed E-state index contributed by atoms with van der Waals surface area (Å²) in [4.78, 5) is 5.50. The Morgan fingerprint density at radius 1 is 1.38 bits per heavy atom. The van der Waals surface area contributed by atoms with Gasteiger partial charge in [-0.1, -0.05) is 12.1 Å². The quantitative estimate of drug-likeness (QED) is 0.854. The Kier molecular flexibility index (Phi) is 3.54. The number of benzene rings is 1. The predicted octanol–water partition coefficient (Wildman–Crippen LogP) is 2.45. The van der Waals surface area contributed by atoms with Crippen molar-refractivity contribution in [1.29, 1.82) is 0 Å². The zero-order valence-corrected chi connectivity index (χ0v) is 9.92. The molecular weight excluding hydrogens is 220 g/mol. The number of thiazole rings is 1. The number of nitrogens with one attached hydrogen (secondary N) is 1. The van der Waals surface area contributed by atoms with Crippen LogP contribution in [0.4, 0.5) is 0 Å². The van der Waals surface area contributed by atoms with Crippen LogP contribution in [0.15, 0.2) is 30.5 Å². The highest BCUT2D eigenvalue weighted by Gasteiger charge is 1.98. The van der Waals surface area contributed by atoms with E-state index in [1.807, 2.05) is 18.3 Å². The number of nitrogens with zero attached hydrogens (tertiary/aromatic N) is 1. The fourth-order valence-corrected chi connectivity index (χ4v) is 2.22. The SMILES string of the molecule is Cc1cnc(CNCc2cccc(O)c2)s1. The van der Waals surface area contributed by atoms with Crippen LogP contribution in [-0.4, -0.2) is 10.1 Å². The molecule has 0 saturated carbocycles. The second-order valence-electron chi connectivity index (χ2n) is 3.64. The topological polar surface area (TPSA) is 45.2 Å². The van der Waals surface area contributed by atoms with Crippen LogP contribution >= 0.6 is 11.3 Å². The Morgan fingerprint density at radius 3 is 2.94 bits per heavy atom. The van der Waals surface area contributed by atoms with E-state index in [0.29, 0.717) is 5.75 Å². The van der Waals surface area contributed by atoms with Crippen molar-refractivity contribution < 1.29 is 5.11 Å². The third-order valence-electron chi connectivity index (χ3n) is 2.19. The molecule has 0 unspecified atom stereocenters. The number of rotatable bonds is 4. The van der Waals surface area contributed by atoms with E-state index >= 15 is 0 Å². The van der Waals surface area contributed by atoms with Crippen molar-refractivity contribution in [1.82, 2.24) is 10.3 Å². The maximum Gasteiger partial charge on any atom is 0.115 e. The lowest BCUT2D eigenvalue weighted by Crippen LogP contribution is -2.12. The Balaban J connectivity index is 1.84. The van der Waals surface area contributed by atoms with E-state index in [-0.39, 0.29) is 0 Å². The number of phenols is 1. The third-order valence-corrected chi connectivity index (χ3v) is 3.10. The lowest BCUT2D eigenvalue weighted by Gasteiger charge is -2.03. The summed E-state index contributed by atoms with van der Waals surface area (Å²) in [5.41, 5.74) is 1.08.